The van der Waals surface area contributed by atoms with Crippen LogP contribution in [0.25, 0.3) is 10.4 Å². The molecule has 0 fully saturated rings. The number of esters is 1. The van der Waals surface area contributed by atoms with Gasteiger partial charge in [0, 0.05) is 4.91 Å². The second kappa shape index (κ2) is 7.14. The van der Waals surface area contributed by atoms with E-state index < -0.39 is 0 Å². The van der Waals surface area contributed by atoms with E-state index in [1.165, 1.54) is 7.11 Å². The average Bonchev–Trinajstić information content (AvgIpc) is 2.35. The summed E-state index contributed by atoms with van der Waals surface area (Å²) < 4.78 is 9.92. The van der Waals surface area contributed by atoms with Crippen molar-refractivity contribution in [3.63, 3.8) is 0 Å². The molecular weight excluding hydrogens is 222 g/mol. The first kappa shape index (κ1) is 12.9. The molecule has 6 heteroatoms. The molecule has 0 N–H and O–H groups in total. The first-order valence-corrected chi connectivity index (χ1v) is 5.05. The molecule has 1 rings (SSSR count). The highest BCUT2D eigenvalue weighted by molar-refractivity contribution is 5.72. The van der Waals surface area contributed by atoms with Gasteiger partial charge in [-0.15, -0.1) is 0 Å². The lowest BCUT2D eigenvalue weighted by atomic mass is 10.1. The van der Waals surface area contributed by atoms with Gasteiger partial charge in [-0.25, -0.2) is 0 Å². The lowest BCUT2D eigenvalue weighted by Gasteiger charge is -2.06. The molecule has 1 aromatic rings. The number of carbonyl (C=O) groups is 1. The zero-order valence-electron chi connectivity index (χ0n) is 9.50. The Balaban J connectivity index is 2.53. The van der Waals surface area contributed by atoms with Gasteiger partial charge < -0.3 is 9.47 Å². The Morgan fingerprint density at radius 2 is 2.35 bits per heavy atom. The summed E-state index contributed by atoms with van der Waals surface area (Å²) in [7, 11) is 1.35. The van der Waals surface area contributed by atoms with E-state index in [1.54, 1.807) is 18.2 Å². The molecule has 0 radical (unpaired) electrons. The minimum absolute atomic E-state index is 0.212. The Bertz CT molecular complexity index is 428. The summed E-state index contributed by atoms with van der Waals surface area (Å²) >= 11 is 0. The second-order valence-electron chi connectivity index (χ2n) is 3.20. The van der Waals surface area contributed by atoms with Crippen molar-refractivity contribution in [1.82, 2.24) is 0 Å². The van der Waals surface area contributed by atoms with Crippen LogP contribution in [0.1, 0.15) is 5.56 Å². The molecule has 0 saturated heterocycles. The maximum atomic E-state index is 11.1. The molecule has 0 unspecified atom stereocenters. The number of ether oxygens (including phenoxy) is 2. The predicted molar refractivity (Wildman–Crippen MR) is 61.7 cm³/mol. The summed E-state index contributed by atoms with van der Waals surface area (Å²) in [5.74, 6) is 0.343. The van der Waals surface area contributed by atoms with Gasteiger partial charge in [0.05, 0.1) is 26.7 Å². The van der Waals surface area contributed by atoms with Gasteiger partial charge in [0.2, 0.25) is 0 Å². The van der Waals surface area contributed by atoms with Gasteiger partial charge in [-0.2, -0.15) is 0 Å². The molecule has 0 heterocycles. The normalized spacial score (nSPS) is 9.24. The minimum Gasteiger partial charge on any atom is -0.493 e. The Kier molecular flexibility index (Phi) is 5.40. The van der Waals surface area contributed by atoms with Crippen molar-refractivity contribution in [2.45, 2.75) is 6.42 Å². The van der Waals surface area contributed by atoms with Crippen LogP contribution in [0.15, 0.2) is 29.4 Å². The fourth-order valence-electron chi connectivity index (χ4n) is 1.23. The summed E-state index contributed by atoms with van der Waals surface area (Å²) in [4.78, 5) is 13.7. The summed E-state index contributed by atoms with van der Waals surface area (Å²) in [6.07, 6.45) is 0.212. The third kappa shape index (κ3) is 4.90. The largest absolute Gasteiger partial charge is 0.493 e. The Morgan fingerprint density at radius 1 is 1.53 bits per heavy atom. The van der Waals surface area contributed by atoms with Crippen molar-refractivity contribution in [2.75, 3.05) is 20.3 Å². The predicted octanol–water partition coefficient (Wildman–Crippen LogP) is 2.09. The number of rotatable bonds is 6. The summed E-state index contributed by atoms with van der Waals surface area (Å²) in [5.41, 5.74) is 8.90. The van der Waals surface area contributed by atoms with E-state index >= 15 is 0 Å². The highest BCUT2D eigenvalue weighted by atomic mass is 16.5. The van der Waals surface area contributed by atoms with Gasteiger partial charge in [-0.1, -0.05) is 17.2 Å². The van der Waals surface area contributed by atoms with Crippen LogP contribution in [0.2, 0.25) is 0 Å². The van der Waals surface area contributed by atoms with E-state index in [0.717, 1.165) is 5.56 Å². The van der Waals surface area contributed by atoms with E-state index in [1.807, 2.05) is 6.07 Å². The highest BCUT2D eigenvalue weighted by Crippen LogP contribution is 2.14. The number of carbonyl (C=O) groups excluding carboxylic acids is 1. The molecule has 0 aliphatic carbocycles. The van der Waals surface area contributed by atoms with E-state index in [0.29, 0.717) is 12.4 Å². The van der Waals surface area contributed by atoms with Crippen LogP contribution in [0.4, 0.5) is 0 Å². The molecule has 0 saturated carbocycles. The first-order chi connectivity index (χ1) is 8.26. The van der Waals surface area contributed by atoms with Crippen LogP contribution in [0, 0.1) is 0 Å². The van der Waals surface area contributed by atoms with Crippen LogP contribution >= 0.6 is 0 Å². The number of benzene rings is 1. The second-order valence-corrected chi connectivity index (χ2v) is 3.20. The van der Waals surface area contributed by atoms with Gasteiger partial charge in [0.1, 0.15) is 5.75 Å². The van der Waals surface area contributed by atoms with Crippen LogP contribution in [-0.4, -0.2) is 26.2 Å². The molecule has 0 aromatic heterocycles. The quantitative estimate of drug-likeness (QED) is 0.249. The van der Waals surface area contributed by atoms with Gasteiger partial charge in [0.15, 0.2) is 0 Å². The van der Waals surface area contributed by atoms with E-state index in [4.69, 9.17) is 10.3 Å². The molecule has 0 atom stereocenters. The number of nitrogens with zero attached hydrogens (tertiary/aromatic N) is 3. The lowest BCUT2D eigenvalue weighted by Crippen LogP contribution is -2.05. The highest BCUT2D eigenvalue weighted by Gasteiger charge is 2.03. The summed E-state index contributed by atoms with van der Waals surface area (Å²) in [5, 5.41) is 3.35. The van der Waals surface area contributed by atoms with Gasteiger partial charge >= 0.3 is 5.97 Å². The zero-order valence-corrected chi connectivity index (χ0v) is 9.50. The van der Waals surface area contributed by atoms with Crippen LogP contribution in [0.3, 0.4) is 0 Å². The van der Waals surface area contributed by atoms with E-state index in [-0.39, 0.29) is 18.9 Å². The monoisotopic (exact) mass is 235 g/mol. The van der Waals surface area contributed by atoms with Crippen molar-refractivity contribution in [1.29, 1.82) is 0 Å². The number of hydrogen-bond acceptors (Lipinski definition) is 4. The zero-order chi connectivity index (χ0) is 12.5. The smallest absolute Gasteiger partial charge is 0.309 e. The van der Waals surface area contributed by atoms with Gasteiger partial charge in [-0.05, 0) is 23.2 Å². The minimum atomic E-state index is -0.295. The average molecular weight is 235 g/mol. The van der Waals surface area contributed by atoms with E-state index in [2.05, 4.69) is 14.8 Å². The van der Waals surface area contributed by atoms with Crippen LogP contribution < -0.4 is 4.74 Å². The van der Waals surface area contributed by atoms with Crippen molar-refractivity contribution in [3.8, 4) is 5.75 Å². The standard InChI is InChI=1S/C11H13N3O3/c1-16-11(15)8-9-3-2-4-10(7-9)17-6-5-13-14-12/h2-4,7H,5-6,8H2,1H3. The molecule has 0 spiro atoms. The maximum Gasteiger partial charge on any atom is 0.309 e. The summed E-state index contributed by atoms with van der Waals surface area (Å²) in [6.45, 7) is 0.587. The fraction of sp³-hybridized carbons (Fsp3) is 0.364. The molecule has 0 amide bonds. The number of methoxy groups -OCH3 is 1. The SMILES string of the molecule is COC(=O)Cc1cccc(OCCN=[N+]=[N-])c1. The molecule has 0 aliphatic heterocycles. The third-order valence-electron chi connectivity index (χ3n) is 2.00. The number of azide groups is 1. The number of hydrogen-bond donors (Lipinski definition) is 0. The Hall–Kier alpha value is -2.20. The van der Waals surface area contributed by atoms with Crippen LogP contribution in [-0.2, 0) is 16.0 Å². The molecule has 0 aliphatic rings. The molecular formula is C11H13N3O3. The Labute approximate surface area is 98.8 Å². The topological polar surface area (TPSA) is 84.3 Å². The van der Waals surface area contributed by atoms with Crippen molar-refractivity contribution in [3.05, 3.63) is 40.3 Å². The first-order valence-electron chi connectivity index (χ1n) is 5.05. The van der Waals surface area contributed by atoms with Crippen molar-refractivity contribution >= 4 is 5.97 Å². The molecule has 90 valence electrons. The van der Waals surface area contributed by atoms with Crippen molar-refractivity contribution in [2.24, 2.45) is 5.11 Å². The van der Waals surface area contributed by atoms with Crippen LogP contribution in [0.5, 0.6) is 5.75 Å². The molecule has 1 aromatic carbocycles. The third-order valence-corrected chi connectivity index (χ3v) is 2.00. The van der Waals surface area contributed by atoms with E-state index in [9.17, 15) is 4.79 Å². The van der Waals surface area contributed by atoms with Gasteiger partial charge in [-0.3, -0.25) is 4.79 Å². The molecule has 6 nitrogen and oxygen atoms in total. The Morgan fingerprint density at radius 3 is 3.06 bits per heavy atom. The molecule has 0 bridgehead atoms. The van der Waals surface area contributed by atoms with Gasteiger partial charge in [0.25, 0.3) is 0 Å². The summed E-state index contributed by atoms with van der Waals surface area (Å²) in [6, 6.07) is 7.14. The fourth-order valence-corrected chi connectivity index (χ4v) is 1.23. The lowest BCUT2D eigenvalue weighted by molar-refractivity contribution is -0.139. The maximum absolute atomic E-state index is 11.1. The van der Waals surface area contributed by atoms with Crippen molar-refractivity contribution < 1.29 is 14.3 Å². The molecule has 17 heavy (non-hydrogen) atoms.